The molecule has 0 spiro atoms. The second kappa shape index (κ2) is 8.26. The van der Waals surface area contributed by atoms with Gasteiger partial charge < -0.3 is 14.3 Å². The van der Waals surface area contributed by atoms with Crippen molar-refractivity contribution in [2.24, 2.45) is 0 Å². The van der Waals surface area contributed by atoms with Crippen LogP contribution in [0.15, 0.2) is 63.5 Å². The SMILES string of the molecule is CC(NC(=O)CCCc1nc(-c2ccc(F)cc2)no1)c1cc2ccccc2o1. The van der Waals surface area contributed by atoms with Crippen LogP contribution < -0.4 is 5.32 Å². The molecule has 0 bridgehead atoms. The van der Waals surface area contributed by atoms with Crippen molar-refractivity contribution in [1.82, 2.24) is 15.5 Å². The zero-order chi connectivity index (χ0) is 20.2. The van der Waals surface area contributed by atoms with Crippen molar-refractivity contribution in [2.45, 2.75) is 32.2 Å². The number of furan rings is 1. The van der Waals surface area contributed by atoms with E-state index in [0.717, 1.165) is 16.7 Å². The van der Waals surface area contributed by atoms with Crippen LogP contribution in [0.2, 0.25) is 0 Å². The number of fused-ring (bicyclic) bond motifs is 1. The summed E-state index contributed by atoms with van der Waals surface area (Å²) in [6, 6.07) is 15.3. The number of nitrogens with one attached hydrogen (secondary N) is 1. The van der Waals surface area contributed by atoms with Crippen molar-refractivity contribution in [1.29, 1.82) is 0 Å². The number of aryl methyl sites for hydroxylation is 1. The van der Waals surface area contributed by atoms with Gasteiger partial charge in [-0.3, -0.25) is 4.79 Å². The molecule has 0 radical (unpaired) electrons. The summed E-state index contributed by atoms with van der Waals surface area (Å²) < 4.78 is 24.0. The van der Waals surface area contributed by atoms with Crippen molar-refractivity contribution < 1.29 is 18.1 Å². The summed E-state index contributed by atoms with van der Waals surface area (Å²) in [5.41, 5.74) is 1.48. The minimum atomic E-state index is -0.319. The van der Waals surface area contributed by atoms with E-state index in [1.807, 2.05) is 37.3 Å². The Morgan fingerprint density at radius 2 is 1.97 bits per heavy atom. The van der Waals surface area contributed by atoms with Crippen molar-refractivity contribution in [3.63, 3.8) is 0 Å². The predicted molar refractivity (Wildman–Crippen MR) is 105 cm³/mol. The first-order valence-electron chi connectivity index (χ1n) is 9.45. The molecule has 0 saturated carbocycles. The highest BCUT2D eigenvalue weighted by Gasteiger charge is 2.15. The Hall–Kier alpha value is -3.48. The maximum atomic E-state index is 13.0. The number of nitrogens with zero attached hydrogens (tertiary/aromatic N) is 2. The number of para-hydroxylation sites is 1. The number of carbonyl (C=O) groups is 1. The maximum absolute atomic E-state index is 13.0. The third-order valence-corrected chi connectivity index (χ3v) is 4.61. The highest BCUT2D eigenvalue weighted by Crippen LogP contribution is 2.23. The molecule has 0 saturated heterocycles. The zero-order valence-corrected chi connectivity index (χ0v) is 15.9. The van der Waals surface area contributed by atoms with E-state index >= 15 is 0 Å². The monoisotopic (exact) mass is 393 g/mol. The van der Waals surface area contributed by atoms with Gasteiger partial charge in [0.1, 0.15) is 17.2 Å². The first-order chi connectivity index (χ1) is 14.1. The molecule has 0 fully saturated rings. The molecule has 1 unspecified atom stereocenters. The second-order valence-electron chi connectivity index (χ2n) is 6.85. The van der Waals surface area contributed by atoms with Crippen LogP contribution in [0.5, 0.6) is 0 Å². The van der Waals surface area contributed by atoms with Gasteiger partial charge >= 0.3 is 0 Å². The van der Waals surface area contributed by atoms with E-state index in [0.29, 0.717) is 36.5 Å². The van der Waals surface area contributed by atoms with Crippen LogP contribution in [0.1, 0.15) is 37.5 Å². The fourth-order valence-corrected chi connectivity index (χ4v) is 3.07. The van der Waals surface area contributed by atoms with E-state index in [-0.39, 0.29) is 17.8 Å². The molecule has 1 atom stereocenters. The summed E-state index contributed by atoms with van der Waals surface area (Å²) in [7, 11) is 0. The number of hydrogen-bond donors (Lipinski definition) is 1. The summed E-state index contributed by atoms with van der Waals surface area (Å²) in [6.07, 6.45) is 1.39. The fourth-order valence-electron chi connectivity index (χ4n) is 3.07. The molecule has 0 aliphatic carbocycles. The molecule has 0 aliphatic rings. The van der Waals surface area contributed by atoms with Gasteiger partial charge in [-0.1, -0.05) is 23.4 Å². The van der Waals surface area contributed by atoms with Gasteiger partial charge in [0.15, 0.2) is 0 Å². The molecule has 6 nitrogen and oxygen atoms in total. The number of benzene rings is 2. The van der Waals surface area contributed by atoms with E-state index in [4.69, 9.17) is 8.94 Å². The van der Waals surface area contributed by atoms with E-state index in [9.17, 15) is 9.18 Å². The van der Waals surface area contributed by atoms with Crippen LogP contribution in [0.3, 0.4) is 0 Å². The molecule has 1 amide bonds. The van der Waals surface area contributed by atoms with Gasteiger partial charge in [0.2, 0.25) is 17.6 Å². The van der Waals surface area contributed by atoms with Crippen LogP contribution in [0, 0.1) is 5.82 Å². The molecule has 7 heteroatoms. The Bertz CT molecular complexity index is 1080. The third kappa shape index (κ3) is 4.51. The molecule has 2 aromatic carbocycles. The van der Waals surface area contributed by atoms with Crippen LogP contribution in [-0.2, 0) is 11.2 Å². The topological polar surface area (TPSA) is 81.2 Å². The molecular formula is C22H20FN3O3. The van der Waals surface area contributed by atoms with Crippen LogP contribution in [-0.4, -0.2) is 16.0 Å². The number of halogens is 1. The van der Waals surface area contributed by atoms with Crippen LogP contribution >= 0.6 is 0 Å². The van der Waals surface area contributed by atoms with Gasteiger partial charge in [-0.2, -0.15) is 4.98 Å². The van der Waals surface area contributed by atoms with Crippen molar-refractivity contribution >= 4 is 16.9 Å². The number of carbonyl (C=O) groups excluding carboxylic acids is 1. The van der Waals surface area contributed by atoms with Gasteiger partial charge in [-0.05, 0) is 49.7 Å². The molecule has 2 aromatic heterocycles. The van der Waals surface area contributed by atoms with Crippen molar-refractivity contribution in [3.8, 4) is 11.4 Å². The smallest absolute Gasteiger partial charge is 0.226 e. The Kier molecular flexibility index (Phi) is 5.37. The van der Waals surface area contributed by atoms with Gasteiger partial charge in [-0.25, -0.2) is 4.39 Å². The molecule has 4 aromatic rings. The highest BCUT2D eigenvalue weighted by molar-refractivity contribution is 5.79. The molecule has 29 heavy (non-hydrogen) atoms. The molecule has 0 aliphatic heterocycles. The number of aromatic nitrogens is 2. The molecule has 148 valence electrons. The van der Waals surface area contributed by atoms with E-state index in [1.165, 1.54) is 12.1 Å². The normalized spacial score (nSPS) is 12.2. The molecule has 4 rings (SSSR count). The number of hydrogen-bond acceptors (Lipinski definition) is 5. The minimum Gasteiger partial charge on any atom is -0.459 e. The lowest BCUT2D eigenvalue weighted by atomic mass is 10.2. The Morgan fingerprint density at radius 1 is 1.17 bits per heavy atom. The van der Waals surface area contributed by atoms with Crippen molar-refractivity contribution in [3.05, 3.63) is 72.1 Å². The lowest BCUT2D eigenvalue weighted by Crippen LogP contribution is -2.26. The maximum Gasteiger partial charge on any atom is 0.226 e. The minimum absolute atomic E-state index is 0.0729. The summed E-state index contributed by atoms with van der Waals surface area (Å²) in [5.74, 6) is 1.18. The average molecular weight is 393 g/mol. The van der Waals surface area contributed by atoms with E-state index < -0.39 is 0 Å². The van der Waals surface area contributed by atoms with Gasteiger partial charge in [0.05, 0.1) is 6.04 Å². The standard InChI is InChI=1S/C22H20FN3O3/c1-14(19-13-16-5-2-3-6-18(16)28-19)24-20(27)7-4-8-21-25-22(26-29-21)15-9-11-17(23)12-10-15/h2-3,5-6,9-14H,4,7-8H2,1H3,(H,24,27). The lowest BCUT2D eigenvalue weighted by Gasteiger charge is -2.10. The average Bonchev–Trinajstić information content (AvgIpc) is 3.35. The van der Waals surface area contributed by atoms with Gasteiger partial charge in [0.25, 0.3) is 0 Å². The first kappa shape index (κ1) is 18.9. The molecular weight excluding hydrogens is 373 g/mol. The molecule has 2 heterocycles. The zero-order valence-electron chi connectivity index (χ0n) is 15.9. The number of amides is 1. The first-order valence-corrected chi connectivity index (χ1v) is 9.45. The van der Waals surface area contributed by atoms with Crippen LogP contribution in [0.25, 0.3) is 22.4 Å². The van der Waals surface area contributed by atoms with Crippen LogP contribution in [0.4, 0.5) is 4.39 Å². The predicted octanol–water partition coefficient (Wildman–Crippen LogP) is 4.82. The Balaban J connectivity index is 1.27. The quantitative estimate of drug-likeness (QED) is 0.487. The van der Waals surface area contributed by atoms with Crippen molar-refractivity contribution in [2.75, 3.05) is 0 Å². The summed E-state index contributed by atoms with van der Waals surface area (Å²) in [4.78, 5) is 16.5. The van der Waals surface area contributed by atoms with E-state index in [2.05, 4.69) is 15.5 Å². The second-order valence-corrected chi connectivity index (χ2v) is 6.85. The molecule has 1 N–H and O–H groups in total. The number of rotatable bonds is 7. The third-order valence-electron chi connectivity index (χ3n) is 4.61. The van der Waals surface area contributed by atoms with Gasteiger partial charge in [-0.15, -0.1) is 0 Å². The summed E-state index contributed by atoms with van der Waals surface area (Å²) in [5, 5.41) is 7.86. The Morgan fingerprint density at radius 3 is 2.76 bits per heavy atom. The summed E-state index contributed by atoms with van der Waals surface area (Å²) in [6.45, 7) is 1.89. The van der Waals surface area contributed by atoms with Gasteiger partial charge in [0, 0.05) is 23.8 Å². The fraction of sp³-hybridized carbons (Fsp3) is 0.227. The summed E-state index contributed by atoms with van der Waals surface area (Å²) >= 11 is 0. The highest BCUT2D eigenvalue weighted by atomic mass is 19.1. The van der Waals surface area contributed by atoms with E-state index in [1.54, 1.807) is 12.1 Å². The lowest BCUT2D eigenvalue weighted by molar-refractivity contribution is -0.121. The Labute approximate surface area is 166 Å². The largest absolute Gasteiger partial charge is 0.459 e.